The Balaban J connectivity index is 2.36. The van der Waals surface area contributed by atoms with Gasteiger partial charge in [0.1, 0.15) is 5.75 Å². The van der Waals surface area contributed by atoms with Crippen LogP contribution in [0.4, 0.5) is 0 Å². The summed E-state index contributed by atoms with van der Waals surface area (Å²) < 4.78 is 2.17. The molecule has 1 aromatic carbocycles. The predicted molar refractivity (Wildman–Crippen MR) is 74.9 cm³/mol. The zero-order valence-corrected chi connectivity index (χ0v) is 11.3. The monoisotopic (exact) mass is 285 g/mol. The van der Waals surface area contributed by atoms with Crippen LogP contribution in [0.5, 0.6) is 5.75 Å². The van der Waals surface area contributed by atoms with Crippen molar-refractivity contribution in [3.63, 3.8) is 0 Å². The molecule has 3 aromatic rings. The molecule has 8 heteroatoms. The summed E-state index contributed by atoms with van der Waals surface area (Å²) in [6, 6.07) is 6.31. The zero-order chi connectivity index (χ0) is 15.1. The Bertz CT molecular complexity index is 974. The van der Waals surface area contributed by atoms with Crippen LogP contribution in [0.2, 0.25) is 0 Å². The van der Waals surface area contributed by atoms with Gasteiger partial charge in [-0.25, -0.2) is 9.78 Å². The van der Waals surface area contributed by atoms with Crippen LogP contribution < -0.4 is 11.2 Å². The van der Waals surface area contributed by atoms with Gasteiger partial charge in [0.25, 0.3) is 5.56 Å². The highest BCUT2D eigenvalue weighted by Crippen LogP contribution is 2.19. The van der Waals surface area contributed by atoms with Crippen molar-refractivity contribution >= 4 is 11.2 Å². The van der Waals surface area contributed by atoms with Crippen molar-refractivity contribution in [2.24, 2.45) is 14.1 Å². The van der Waals surface area contributed by atoms with Gasteiger partial charge in [0, 0.05) is 19.7 Å². The molecule has 21 heavy (non-hydrogen) atoms. The van der Waals surface area contributed by atoms with E-state index in [1.54, 1.807) is 12.1 Å². The minimum absolute atomic E-state index is 0.0490. The van der Waals surface area contributed by atoms with Crippen molar-refractivity contribution in [3.8, 4) is 17.1 Å². The van der Waals surface area contributed by atoms with Crippen LogP contribution >= 0.6 is 0 Å². The van der Waals surface area contributed by atoms with Crippen LogP contribution in [0.25, 0.3) is 22.6 Å². The molecule has 0 unspecified atom stereocenters. The molecule has 0 aliphatic rings. The molecule has 8 nitrogen and oxygen atoms in total. The van der Waals surface area contributed by atoms with E-state index >= 15 is 0 Å². The van der Waals surface area contributed by atoms with Crippen LogP contribution in [0.3, 0.4) is 0 Å². The highest BCUT2D eigenvalue weighted by Gasteiger charge is 2.13. The van der Waals surface area contributed by atoms with Crippen molar-refractivity contribution in [2.75, 3.05) is 0 Å². The quantitative estimate of drug-likeness (QED) is 0.664. The van der Waals surface area contributed by atoms with E-state index in [-0.39, 0.29) is 22.7 Å². The molecular weight excluding hydrogens is 274 g/mol. The molecule has 106 valence electrons. The van der Waals surface area contributed by atoms with Crippen LogP contribution in [-0.4, -0.2) is 29.4 Å². The predicted octanol–water partition coefficient (Wildman–Crippen LogP) is -0.205. The molecule has 0 atom stereocenters. The number of benzene rings is 1. The fourth-order valence-corrected chi connectivity index (χ4v) is 2.02. The van der Waals surface area contributed by atoms with Crippen LogP contribution in [-0.2, 0) is 14.1 Å². The summed E-state index contributed by atoms with van der Waals surface area (Å²) in [5.74, 6) is 0.263. The number of aromatic hydroxyl groups is 1. The molecule has 0 aliphatic heterocycles. The summed E-state index contributed by atoms with van der Waals surface area (Å²) in [4.78, 5) is 28.1. The first-order valence-corrected chi connectivity index (χ1v) is 6.09. The van der Waals surface area contributed by atoms with Gasteiger partial charge < -0.3 is 5.11 Å². The second kappa shape index (κ2) is 4.51. The summed E-state index contributed by atoms with van der Waals surface area (Å²) in [5, 5.41) is 17.3. The first-order valence-electron chi connectivity index (χ1n) is 6.09. The number of phenolic OH excluding ortho intramolecular Hbond substituents is 1. The van der Waals surface area contributed by atoms with Crippen molar-refractivity contribution in [2.45, 2.75) is 0 Å². The summed E-state index contributed by atoms with van der Waals surface area (Å²) in [5.41, 5.74) is -0.335. The Morgan fingerprint density at radius 1 is 1.10 bits per heavy atom. The smallest absolute Gasteiger partial charge is 0.332 e. The van der Waals surface area contributed by atoms with Crippen molar-refractivity contribution < 1.29 is 5.11 Å². The zero-order valence-electron chi connectivity index (χ0n) is 11.3. The number of hydrogen-bond acceptors (Lipinski definition) is 6. The average molecular weight is 285 g/mol. The minimum atomic E-state index is -0.538. The van der Waals surface area contributed by atoms with Crippen LogP contribution in [0.1, 0.15) is 0 Å². The van der Waals surface area contributed by atoms with Gasteiger partial charge in [-0.15, -0.1) is 10.2 Å². The third-order valence-corrected chi connectivity index (χ3v) is 3.17. The Labute approximate surface area is 118 Å². The second-order valence-corrected chi connectivity index (χ2v) is 4.56. The highest BCUT2D eigenvalue weighted by atomic mass is 16.3. The van der Waals surface area contributed by atoms with Crippen molar-refractivity contribution in [1.82, 2.24) is 24.3 Å². The molecule has 0 amide bonds. The van der Waals surface area contributed by atoms with E-state index < -0.39 is 11.2 Å². The molecule has 1 N–H and O–H groups in total. The van der Waals surface area contributed by atoms with Gasteiger partial charge in [-0.3, -0.25) is 13.9 Å². The van der Waals surface area contributed by atoms with E-state index in [9.17, 15) is 14.7 Å². The SMILES string of the molecule is Cn1c(=O)c2nc(-c3cccc(O)c3)nnc2n(C)c1=O. The van der Waals surface area contributed by atoms with Gasteiger partial charge in [-0.1, -0.05) is 12.1 Å². The maximum atomic E-state index is 12.1. The molecular formula is C13H11N5O3. The van der Waals surface area contributed by atoms with Gasteiger partial charge >= 0.3 is 5.69 Å². The summed E-state index contributed by atoms with van der Waals surface area (Å²) in [7, 11) is 2.87. The third kappa shape index (κ3) is 1.97. The summed E-state index contributed by atoms with van der Waals surface area (Å²) in [6.07, 6.45) is 0. The number of aryl methyl sites for hydroxylation is 1. The van der Waals surface area contributed by atoms with Crippen molar-refractivity contribution in [1.29, 1.82) is 0 Å². The first kappa shape index (κ1) is 13.0. The average Bonchev–Trinajstić information content (AvgIpc) is 2.50. The molecule has 2 heterocycles. The Hall–Kier alpha value is -3.03. The normalized spacial score (nSPS) is 11.0. The Morgan fingerprint density at radius 2 is 1.86 bits per heavy atom. The maximum Gasteiger partial charge on any atom is 0.332 e. The number of nitrogens with zero attached hydrogens (tertiary/aromatic N) is 5. The Morgan fingerprint density at radius 3 is 2.57 bits per heavy atom. The number of hydrogen-bond donors (Lipinski definition) is 1. The van der Waals surface area contributed by atoms with Crippen LogP contribution in [0.15, 0.2) is 33.9 Å². The summed E-state index contributed by atoms with van der Waals surface area (Å²) >= 11 is 0. The maximum absolute atomic E-state index is 12.1. The van der Waals surface area contributed by atoms with Gasteiger partial charge in [0.05, 0.1) is 0 Å². The molecule has 0 aliphatic carbocycles. The highest BCUT2D eigenvalue weighted by molar-refractivity contribution is 5.71. The lowest BCUT2D eigenvalue weighted by molar-refractivity contribution is 0.475. The molecule has 0 spiro atoms. The summed E-state index contributed by atoms with van der Waals surface area (Å²) in [6.45, 7) is 0. The second-order valence-electron chi connectivity index (χ2n) is 4.56. The standard InChI is InChI=1S/C13H11N5O3/c1-17-11-9(12(20)18(2)13(17)21)14-10(15-16-11)7-4-3-5-8(19)6-7/h3-6,19H,1-2H3. The van der Waals surface area contributed by atoms with Crippen molar-refractivity contribution in [3.05, 3.63) is 45.1 Å². The topological polar surface area (TPSA) is 103 Å². The largest absolute Gasteiger partial charge is 0.508 e. The minimum Gasteiger partial charge on any atom is -0.508 e. The molecule has 2 aromatic heterocycles. The van der Waals surface area contributed by atoms with Gasteiger partial charge in [-0.2, -0.15) is 0 Å². The Kier molecular flexibility index (Phi) is 2.79. The molecule has 0 saturated carbocycles. The van der Waals surface area contributed by atoms with E-state index in [1.807, 2.05) is 0 Å². The van der Waals surface area contributed by atoms with Gasteiger partial charge in [-0.05, 0) is 12.1 Å². The third-order valence-electron chi connectivity index (χ3n) is 3.17. The van der Waals surface area contributed by atoms with Gasteiger partial charge in [0.2, 0.25) is 0 Å². The number of rotatable bonds is 1. The van der Waals surface area contributed by atoms with Gasteiger partial charge in [0.15, 0.2) is 17.0 Å². The van der Waals surface area contributed by atoms with E-state index in [1.165, 1.54) is 30.8 Å². The van der Waals surface area contributed by atoms with E-state index in [0.717, 1.165) is 4.57 Å². The first-order chi connectivity index (χ1) is 9.99. The van der Waals surface area contributed by atoms with E-state index in [2.05, 4.69) is 15.2 Å². The molecule has 3 rings (SSSR count). The van der Waals surface area contributed by atoms with E-state index in [0.29, 0.717) is 5.56 Å². The fourth-order valence-electron chi connectivity index (χ4n) is 2.02. The molecule has 0 fully saturated rings. The fraction of sp³-hybridized carbons (Fsp3) is 0.154. The number of fused-ring (bicyclic) bond motifs is 1. The lowest BCUT2D eigenvalue weighted by Gasteiger charge is -2.06. The number of aromatic nitrogens is 5. The number of phenols is 1. The molecule has 0 bridgehead atoms. The lowest BCUT2D eigenvalue weighted by Crippen LogP contribution is -2.38. The molecule has 0 radical (unpaired) electrons. The molecule has 0 saturated heterocycles. The lowest BCUT2D eigenvalue weighted by atomic mass is 10.2. The van der Waals surface area contributed by atoms with Crippen LogP contribution in [0, 0.1) is 0 Å². The van der Waals surface area contributed by atoms with E-state index in [4.69, 9.17) is 0 Å².